The lowest BCUT2D eigenvalue weighted by Crippen LogP contribution is -2.34. The molecule has 1 N–H and O–H groups in total. The van der Waals surface area contributed by atoms with E-state index in [2.05, 4.69) is 41.4 Å². The summed E-state index contributed by atoms with van der Waals surface area (Å²) in [6.07, 6.45) is 0.955. The number of aromatic nitrogens is 2. The summed E-state index contributed by atoms with van der Waals surface area (Å²) >= 11 is 0. The van der Waals surface area contributed by atoms with Gasteiger partial charge in [-0.2, -0.15) is 4.98 Å². The van der Waals surface area contributed by atoms with E-state index in [1.165, 1.54) is 23.3 Å². The first-order valence-electron chi connectivity index (χ1n) is 10.4. The lowest BCUT2D eigenvalue weighted by atomic mass is 9.93. The van der Waals surface area contributed by atoms with E-state index in [9.17, 15) is 4.39 Å². The van der Waals surface area contributed by atoms with Crippen LogP contribution in [0.4, 0.5) is 21.8 Å². The molecule has 1 unspecified atom stereocenters. The molecule has 5 rings (SSSR count). The third-order valence-electron chi connectivity index (χ3n) is 5.86. The smallest absolute Gasteiger partial charge is 0.229 e. The van der Waals surface area contributed by atoms with E-state index in [-0.39, 0.29) is 24.3 Å². The Labute approximate surface area is 192 Å². The fraction of sp³-hybridized carbons (Fsp3) is 0.200. The Morgan fingerprint density at radius 2 is 1.78 bits per heavy atom. The van der Waals surface area contributed by atoms with Gasteiger partial charge in [0.1, 0.15) is 22.9 Å². The maximum absolute atomic E-state index is 13.3. The molecular formula is C25H24ClFN4O. The highest BCUT2D eigenvalue weighted by molar-refractivity contribution is 5.95. The summed E-state index contributed by atoms with van der Waals surface area (Å²) in [5.74, 6) is 1.71. The molecule has 0 fully saturated rings. The summed E-state index contributed by atoms with van der Waals surface area (Å²) in [6.45, 7) is 3.07. The fourth-order valence-corrected chi connectivity index (χ4v) is 4.27. The molecule has 0 radical (unpaired) electrons. The van der Waals surface area contributed by atoms with Crippen molar-refractivity contribution in [2.45, 2.75) is 19.4 Å². The van der Waals surface area contributed by atoms with Crippen LogP contribution in [0.15, 0.2) is 66.7 Å². The van der Waals surface area contributed by atoms with Crippen LogP contribution in [0.1, 0.15) is 24.1 Å². The molecule has 1 aliphatic rings. The molecule has 4 aromatic rings. The molecule has 0 aliphatic carbocycles. The first-order chi connectivity index (χ1) is 15.1. The lowest BCUT2D eigenvalue weighted by Gasteiger charge is -2.36. The molecule has 3 aromatic carbocycles. The van der Waals surface area contributed by atoms with Gasteiger partial charge in [0.25, 0.3) is 0 Å². The molecule has 2 heterocycles. The molecule has 0 bridgehead atoms. The number of benzene rings is 3. The number of halogens is 2. The third-order valence-corrected chi connectivity index (χ3v) is 5.86. The molecule has 0 saturated carbocycles. The second-order valence-electron chi connectivity index (χ2n) is 7.68. The Hall–Kier alpha value is -3.38. The fourth-order valence-electron chi connectivity index (χ4n) is 4.27. The Morgan fingerprint density at radius 3 is 2.56 bits per heavy atom. The summed E-state index contributed by atoms with van der Waals surface area (Å²) in [5, 5.41) is 4.16. The normalized spacial score (nSPS) is 15.1. The zero-order chi connectivity index (χ0) is 21.4. The van der Waals surface area contributed by atoms with Gasteiger partial charge < -0.3 is 15.0 Å². The Balaban J connectivity index is 0.00000245. The van der Waals surface area contributed by atoms with Crippen molar-refractivity contribution in [3.05, 3.63) is 83.7 Å². The van der Waals surface area contributed by atoms with Crippen LogP contribution in [0.5, 0.6) is 5.75 Å². The lowest BCUT2D eigenvalue weighted by molar-refractivity contribution is 0.419. The van der Waals surface area contributed by atoms with E-state index in [1.807, 2.05) is 18.2 Å². The molecule has 1 aliphatic heterocycles. The number of ether oxygens (including phenoxy) is 1. The van der Waals surface area contributed by atoms with E-state index >= 15 is 0 Å². The number of nitrogens with one attached hydrogen (secondary N) is 1. The first kappa shape index (κ1) is 21.8. The third kappa shape index (κ3) is 3.94. The van der Waals surface area contributed by atoms with E-state index in [1.54, 1.807) is 19.2 Å². The Kier molecular flexibility index (Phi) is 6.15. The number of para-hydroxylation sites is 1. The summed E-state index contributed by atoms with van der Waals surface area (Å²) in [5.41, 5.74) is 4.16. The van der Waals surface area contributed by atoms with Crippen LogP contribution in [0.25, 0.3) is 10.9 Å². The van der Waals surface area contributed by atoms with Crippen LogP contribution in [0.2, 0.25) is 0 Å². The van der Waals surface area contributed by atoms with E-state index < -0.39 is 0 Å². The molecule has 0 spiro atoms. The van der Waals surface area contributed by atoms with E-state index in [0.717, 1.165) is 35.4 Å². The predicted octanol–water partition coefficient (Wildman–Crippen LogP) is 6.07. The highest BCUT2D eigenvalue weighted by Crippen LogP contribution is 2.38. The minimum absolute atomic E-state index is 0. The van der Waals surface area contributed by atoms with Crippen LogP contribution in [0, 0.1) is 5.82 Å². The quantitative estimate of drug-likeness (QED) is 0.409. The average molecular weight is 451 g/mol. The summed E-state index contributed by atoms with van der Waals surface area (Å²) in [4.78, 5) is 11.9. The standard InChI is InChI=1S/C25H23FN4O.ClH/c1-16-20-7-4-3-6-17(20)14-15-30(16)24-21-8-5-9-22(31-2)23(21)28-25(29-24)27-19-12-10-18(26)11-13-19;/h3-13,16H,14-15H2,1-2H3,(H,27,28,29);1H. The average Bonchev–Trinajstić information content (AvgIpc) is 2.80. The van der Waals surface area contributed by atoms with Gasteiger partial charge in [0.2, 0.25) is 5.95 Å². The van der Waals surface area contributed by atoms with E-state index in [4.69, 9.17) is 14.7 Å². The topological polar surface area (TPSA) is 50.3 Å². The number of nitrogens with zero attached hydrogens (tertiary/aromatic N) is 3. The van der Waals surface area contributed by atoms with Gasteiger partial charge in [-0.25, -0.2) is 9.37 Å². The van der Waals surface area contributed by atoms with Crippen molar-refractivity contribution in [2.24, 2.45) is 0 Å². The van der Waals surface area contributed by atoms with Crippen molar-refractivity contribution in [1.82, 2.24) is 9.97 Å². The highest BCUT2D eigenvalue weighted by Gasteiger charge is 2.27. The molecule has 1 aromatic heterocycles. The second kappa shape index (κ2) is 9.01. The highest BCUT2D eigenvalue weighted by atomic mass is 35.5. The molecule has 1 atom stereocenters. The van der Waals surface area contributed by atoms with Crippen LogP contribution in [-0.4, -0.2) is 23.6 Å². The Morgan fingerprint density at radius 1 is 1.00 bits per heavy atom. The van der Waals surface area contributed by atoms with Crippen molar-refractivity contribution in [3.8, 4) is 5.75 Å². The zero-order valence-corrected chi connectivity index (χ0v) is 18.7. The van der Waals surface area contributed by atoms with Gasteiger partial charge in [0, 0.05) is 17.6 Å². The summed E-state index contributed by atoms with van der Waals surface area (Å²) in [7, 11) is 1.64. The van der Waals surface area contributed by atoms with Gasteiger partial charge >= 0.3 is 0 Å². The summed E-state index contributed by atoms with van der Waals surface area (Å²) in [6, 6.07) is 20.8. The van der Waals surface area contributed by atoms with Crippen molar-refractivity contribution >= 4 is 40.8 Å². The first-order valence-corrected chi connectivity index (χ1v) is 10.4. The van der Waals surface area contributed by atoms with E-state index in [0.29, 0.717) is 11.7 Å². The minimum atomic E-state index is -0.284. The SMILES string of the molecule is COc1cccc2c(N3CCc4ccccc4C3C)nc(Nc3ccc(F)cc3)nc12.Cl. The van der Waals surface area contributed by atoms with Crippen molar-refractivity contribution in [3.63, 3.8) is 0 Å². The van der Waals surface area contributed by atoms with Crippen LogP contribution < -0.4 is 15.0 Å². The van der Waals surface area contributed by atoms with Crippen LogP contribution >= 0.6 is 12.4 Å². The van der Waals surface area contributed by atoms with Gasteiger partial charge in [-0.1, -0.05) is 30.3 Å². The Bertz CT molecular complexity index is 1250. The molecule has 32 heavy (non-hydrogen) atoms. The van der Waals surface area contributed by atoms with Gasteiger partial charge in [-0.15, -0.1) is 12.4 Å². The largest absolute Gasteiger partial charge is 0.494 e. The van der Waals surface area contributed by atoms with Crippen molar-refractivity contribution in [2.75, 3.05) is 23.9 Å². The van der Waals surface area contributed by atoms with Gasteiger partial charge in [-0.05, 0) is 60.9 Å². The van der Waals surface area contributed by atoms with Gasteiger partial charge in [0.15, 0.2) is 0 Å². The van der Waals surface area contributed by atoms with Crippen LogP contribution in [0.3, 0.4) is 0 Å². The number of methoxy groups -OCH3 is 1. The van der Waals surface area contributed by atoms with Crippen LogP contribution in [-0.2, 0) is 6.42 Å². The molecule has 5 nitrogen and oxygen atoms in total. The zero-order valence-electron chi connectivity index (χ0n) is 17.9. The second-order valence-corrected chi connectivity index (χ2v) is 7.68. The van der Waals surface area contributed by atoms with Crippen molar-refractivity contribution in [1.29, 1.82) is 0 Å². The predicted molar refractivity (Wildman–Crippen MR) is 129 cm³/mol. The van der Waals surface area contributed by atoms with Gasteiger partial charge in [-0.3, -0.25) is 0 Å². The number of hydrogen-bond acceptors (Lipinski definition) is 5. The van der Waals surface area contributed by atoms with Crippen molar-refractivity contribution < 1.29 is 9.13 Å². The number of rotatable bonds is 4. The molecule has 164 valence electrons. The molecule has 0 amide bonds. The molecule has 0 saturated heterocycles. The minimum Gasteiger partial charge on any atom is -0.494 e. The summed E-state index contributed by atoms with van der Waals surface area (Å²) < 4.78 is 18.9. The number of fused-ring (bicyclic) bond motifs is 2. The molecular weight excluding hydrogens is 427 g/mol. The molecule has 7 heteroatoms. The maximum Gasteiger partial charge on any atom is 0.229 e. The number of hydrogen-bond donors (Lipinski definition) is 1. The van der Waals surface area contributed by atoms with Gasteiger partial charge in [0.05, 0.1) is 13.2 Å². The maximum atomic E-state index is 13.3. The monoisotopic (exact) mass is 450 g/mol. The number of anilines is 3.